The number of carbonyl (C=O) groups is 3. The maximum atomic E-state index is 12.4. The number of nitrogens with one attached hydrogen (secondary N) is 1. The molecule has 9 nitrogen and oxygen atoms in total. The van der Waals surface area contributed by atoms with E-state index in [0.29, 0.717) is 17.1 Å². The summed E-state index contributed by atoms with van der Waals surface area (Å²) in [4.78, 5) is 34.6. The van der Waals surface area contributed by atoms with E-state index in [1.807, 2.05) is 0 Å². The molecule has 0 saturated carbocycles. The van der Waals surface area contributed by atoms with Gasteiger partial charge in [0, 0.05) is 6.08 Å². The molecule has 2 aromatic rings. The second kappa shape index (κ2) is 11.9. The summed E-state index contributed by atoms with van der Waals surface area (Å²) < 4.78 is 44.3. The predicted molar refractivity (Wildman–Crippen MR) is 109 cm³/mol. The van der Waals surface area contributed by atoms with Crippen LogP contribution in [-0.4, -0.2) is 44.7 Å². The van der Waals surface area contributed by atoms with Gasteiger partial charge in [0.05, 0.1) is 12.8 Å². The molecule has 0 heterocycles. The summed E-state index contributed by atoms with van der Waals surface area (Å²) in [7, 11) is 1.40. The fourth-order valence-electron chi connectivity index (χ4n) is 2.36. The monoisotopic (exact) mass is 450 g/mol. The van der Waals surface area contributed by atoms with Gasteiger partial charge in [-0.3, -0.25) is 9.59 Å². The number of amides is 2. The number of hydrogen-bond donors (Lipinski definition) is 2. The van der Waals surface area contributed by atoms with Crippen LogP contribution in [0.3, 0.4) is 0 Å². The van der Waals surface area contributed by atoms with E-state index in [9.17, 15) is 23.2 Å². The van der Waals surface area contributed by atoms with Gasteiger partial charge >= 0.3 is 12.6 Å². The summed E-state index contributed by atoms with van der Waals surface area (Å²) in [5, 5.41) is 2.32. The number of ether oxygens (including phenoxy) is 4. The van der Waals surface area contributed by atoms with Crippen molar-refractivity contribution in [3.63, 3.8) is 0 Å². The number of alkyl halides is 2. The van der Waals surface area contributed by atoms with E-state index < -0.39 is 31.0 Å². The van der Waals surface area contributed by atoms with Gasteiger partial charge in [-0.1, -0.05) is 18.2 Å². The Morgan fingerprint density at radius 3 is 2.50 bits per heavy atom. The van der Waals surface area contributed by atoms with Crippen LogP contribution < -0.4 is 25.3 Å². The first-order valence-electron chi connectivity index (χ1n) is 9.06. The Kier molecular flexibility index (Phi) is 8.96. The molecule has 0 spiro atoms. The highest BCUT2D eigenvalue weighted by Crippen LogP contribution is 2.28. The highest BCUT2D eigenvalue weighted by atomic mass is 19.3. The quantitative estimate of drug-likeness (QED) is 0.398. The fraction of sp³-hybridized carbons (Fsp3) is 0.190. The number of nitrogens with two attached hydrogens (primary N) is 1. The molecule has 0 unspecified atom stereocenters. The number of anilines is 1. The molecule has 0 aliphatic heterocycles. The molecule has 2 aromatic carbocycles. The zero-order valence-electron chi connectivity index (χ0n) is 16.9. The van der Waals surface area contributed by atoms with E-state index in [2.05, 4.69) is 10.1 Å². The van der Waals surface area contributed by atoms with Gasteiger partial charge in [-0.15, -0.1) is 0 Å². The van der Waals surface area contributed by atoms with Gasteiger partial charge in [0.25, 0.3) is 11.8 Å². The molecule has 32 heavy (non-hydrogen) atoms. The van der Waals surface area contributed by atoms with Crippen molar-refractivity contribution in [1.82, 2.24) is 0 Å². The van der Waals surface area contributed by atoms with Gasteiger partial charge in [-0.2, -0.15) is 8.78 Å². The third kappa shape index (κ3) is 7.94. The minimum atomic E-state index is -3.06. The van der Waals surface area contributed by atoms with Crippen molar-refractivity contribution in [2.45, 2.75) is 6.61 Å². The standard InChI is InChI=1S/C21H20F2N2O7/c1-29-17-10-13(6-8-16(17)30-11-18(24)26)7-9-20(28)31-12-19(27)25-14-4-2-3-5-15(14)32-21(22)23/h2-10,21H,11-12H2,1H3,(H2,24,26)(H,25,27)/b9-7+. The molecule has 2 amide bonds. The lowest BCUT2D eigenvalue weighted by atomic mass is 10.2. The molecular weight excluding hydrogens is 430 g/mol. The number of rotatable bonds is 11. The van der Waals surface area contributed by atoms with Crippen molar-refractivity contribution >= 4 is 29.5 Å². The lowest BCUT2D eigenvalue weighted by molar-refractivity contribution is -0.142. The predicted octanol–water partition coefficient (Wildman–Crippen LogP) is 2.36. The summed E-state index contributed by atoms with van der Waals surface area (Å²) in [6.45, 7) is -4.02. The van der Waals surface area contributed by atoms with Crippen molar-refractivity contribution < 1.29 is 42.1 Å². The van der Waals surface area contributed by atoms with Crippen LogP contribution in [0, 0.1) is 0 Å². The maximum Gasteiger partial charge on any atom is 0.387 e. The minimum absolute atomic E-state index is 0.00938. The summed E-state index contributed by atoms with van der Waals surface area (Å²) in [5.41, 5.74) is 5.59. The number of carbonyl (C=O) groups excluding carboxylic acids is 3. The average molecular weight is 450 g/mol. The van der Waals surface area contributed by atoms with Crippen LogP contribution in [0.25, 0.3) is 6.08 Å². The Hall–Kier alpha value is -4.15. The van der Waals surface area contributed by atoms with Gasteiger partial charge in [-0.05, 0) is 35.9 Å². The molecule has 0 fully saturated rings. The summed E-state index contributed by atoms with van der Waals surface area (Å²) in [6.07, 6.45) is 2.49. The van der Waals surface area contributed by atoms with Crippen molar-refractivity contribution in [2.24, 2.45) is 5.73 Å². The molecule has 2 rings (SSSR count). The van der Waals surface area contributed by atoms with Crippen LogP contribution in [-0.2, 0) is 19.1 Å². The Balaban J connectivity index is 1.90. The largest absolute Gasteiger partial charge is 0.493 e. The van der Waals surface area contributed by atoms with Gasteiger partial charge in [-0.25, -0.2) is 4.79 Å². The molecule has 0 aromatic heterocycles. The zero-order valence-corrected chi connectivity index (χ0v) is 16.9. The highest BCUT2D eigenvalue weighted by Gasteiger charge is 2.12. The molecule has 0 bridgehead atoms. The average Bonchev–Trinajstić information content (AvgIpc) is 2.76. The Labute approximate surface area is 181 Å². The van der Waals surface area contributed by atoms with Crippen molar-refractivity contribution in [1.29, 1.82) is 0 Å². The zero-order chi connectivity index (χ0) is 23.5. The molecular formula is C21H20F2N2O7. The van der Waals surface area contributed by atoms with Crippen LogP contribution in [0.2, 0.25) is 0 Å². The van der Waals surface area contributed by atoms with Crippen molar-refractivity contribution in [3.05, 3.63) is 54.1 Å². The normalized spacial score (nSPS) is 10.6. The van der Waals surface area contributed by atoms with E-state index in [-0.39, 0.29) is 18.0 Å². The van der Waals surface area contributed by atoms with Crippen LogP contribution in [0.4, 0.5) is 14.5 Å². The van der Waals surface area contributed by atoms with Gasteiger partial charge in [0.2, 0.25) is 0 Å². The minimum Gasteiger partial charge on any atom is -0.493 e. The molecule has 11 heteroatoms. The number of para-hydroxylation sites is 2. The second-order valence-corrected chi connectivity index (χ2v) is 6.03. The van der Waals surface area contributed by atoms with Crippen LogP contribution >= 0.6 is 0 Å². The molecule has 0 aliphatic rings. The number of esters is 1. The number of methoxy groups -OCH3 is 1. The van der Waals surface area contributed by atoms with Gasteiger partial charge in [0.1, 0.15) is 5.75 Å². The van der Waals surface area contributed by atoms with E-state index in [4.69, 9.17) is 19.9 Å². The molecule has 0 radical (unpaired) electrons. The van der Waals surface area contributed by atoms with Crippen LogP contribution in [0.5, 0.6) is 17.2 Å². The number of hydrogen-bond acceptors (Lipinski definition) is 7. The molecule has 0 aliphatic carbocycles. The lowest BCUT2D eigenvalue weighted by Crippen LogP contribution is -2.20. The molecule has 0 saturated heterocycles. The Morgan fingerprint density at radius 2 is 1.81 bits per heavy atom. The summed E-state index contributed by atoms with van der Waals surface area (Å²) >= 11 is 0. The smallest absolute Gasteiger partial charge is 0.387 e. The summed E-state index contributed by atoms with van der Waals surface area (Å²) in [6, 6.07) is 10.3. The first kappa shape index (κ1) is 24.1. The number of benzene rings is 2. The van der Waals surface area contributed by atoms with Crippen LogP contribution in [0.1, 0.15) is 5.56 Å². The third-order valence-corrected chi connectivity index (χ3v) is 3.69. The molecule has 0 atom stereocenters. The van der Waals surface area contributed by atoms with E-state index >= 15 is 0 Å². The number of primary amides is 1. The van der Waals surface area contributed by atoms with E-state index in [1.165, 1.54) is 43.5 Å². The maximum absolute atomic E-state index is 12.4. The molecule has 3 N–H and O–H groups in total. The number of halogens is 2. The van der Waals surface area contributed by atoms with Gasteiger partial charge in [0.15, 0.2) is 24.7 Å². The van der Waals surface area contributed by atoms with E-state index in [0.717, 1.165) is 6.08 Å². The summed E-state index contributed by atoms with van der Waals surface area (Å²) in [5.74, 6) is -1.82. The van der Waals surface area contributed by atoms with Gasteiger partial charge < -0.3 is 30.0 Å². The SMILES string of the molecule is COc1cc(/C=C/C(=O)OCC(=O)Nc2ccccc2OC(F)F)ccc1OCC(N)=O. The highest BCUT2D eigenvalue weighted by molar-refractivity contribution is 5.95. The lowest BCUT2D eigenvalue weighted by Gasteiger charge is -2.11. The first-order chi connectivity index (χ1) is 15.3. The Morgan fingerprint density at radius 1 is 1.06 bits per heavy atom. The van der Waals surface area contributed by atoms with Crippen LogP contribution in [0.15, 0.2) is 48.5 Å². The third-order valence-electron chi connectivity index (χ3n) is 3.69. The second-order valence-electron chi connectivity index (χ2n) is 6.03. The van der Waals surface area contributed by atoms with Crippen molar-refractivity contribution in [3.8, 4) is 17.2 Å². The first-order valence-corrected chi connectivity index (χ1v) is 9.06. The fourth-order valence-corrected chi connectivity index (χ4v) is 2.36. The van der Waals surface area contributed by atoms with E-state index in [1.54, 1.807) is 12.1 Å². The topological polar surface area (TPSA) is 126 Å². The van der Waals surface area contributed by atoms with Crippen molar-refractivity contribution in [2.75, 3.05) is 25.6 Å². The molecule has 170 valence electrons. The Bertz CT molecular complexity index is 996.